The zero-order valence-corrected chi connectivity index (χ0v) is 27.0. The van der Waals surface area contributed by atoms with Gasteiger partial charge in [0.05, 0.1) is 27.4 Å². The van der Waals surface area contributed by atoms with Crippen molar-refractivity contribution in [3.63, 3.8) is 0 Å². The standard InChI is InChI=1S/C34H48O5Si/c1-23(2)40(24(3)4,25(5)6)20-17-34(38-18-10-19-39-34)16-15-33(7)14-13-30(35)28-21-26-27(22-29(28)33)32(37-9)12-11-31(26)36-8/h11-12,21-25H,10,13-16,18-19H2,1-9H3/t33-/m0/s1. The Morgan fingerprint density at radius 1 is 0.900 bits per heavy atom. The number of benzene rings is 2. The molecule has 218 valence electrons. The number of fused-ring (bicyclic) bond motifs is 2. The summed E-state index contributed by atoms with van der Waals surface area (Å²) in [5.41, 5.74) is 7.10. The van der Waals surface area contributed by atoms with E-state index in [1.54, 1.807) is 14.2 Å². The van der Waals surface area contributed by atoms with Gasteiger partial charge in [-0.2, -0.15) is 0 Å². The summed E-state index contributed by atoms with van der Waals surface area (Å²) >= 11 is 0. The van der Waals surface area contributed by atoms with Crippen molar-refractivity contribution in [2.75, 3.05) is 27.4 Å². The average molecular weight is 565 g/mol. The lowest BCUT2D eigenvalue weighted by Gasteiger charge is -2.41. The summed E-state index contributed by atoms with van der Waals surface area (Å²) in [6.07, 6.45) is 3.65. The molecule has 0 saturated carbocycles. The predicted molar refractivity (Wildman–Crippen MR) is 165 cm³/mol. The van der Waals surface area contributed by atoms with Crippen LogP contribution in [-0.4, -0.2) is 47.1 Å². The van der Waals surface area contributed by atoms with Gasteiger partial charge in [-0.3, -0.25) is 4.79 Å². The van der Waals surface area contributed by atoms with Gasteiger partial charge >= 0.3 is 0 Å². The fourth-order valence-corrected chi connectivity index (χ4v) is 12.5. The molecule has 2 aromatic rings. The van der Waals surface area contributed by atoms with E-state index in [1.165, 1.54) is 0 Å². The lowest BCUT2D eigenvalue weighted by Crippen LogP contribution is -2.46. The molecule has 0 N–H and O–H groups in total. The van der Waals surface area contributed by atoms with E-state index in [-0.39, 0.29) is 11.2 Å². The second kappa shape index (κ2) is 11.9. The minimum Gasteiger partial charge on any atom is -0.496 e. The van der Waals surface area contributed by atoms with Crippen LogP contribution in [0.2, 0.25) is 16.6 Å². The van der Waals surface area contributed by atoms with Crippen LogP contribution in [0, 0.1) is 11.5 Å². The minimum atomic E-state index is -1.95. The summed E-state index contributed by atoms with van der Waals surface area (Å²) in [5.74, 6) is 4.43. The molecule has 2 aromatic carbocycles. The zero-order valence-electron chi connectivity index (χ0n) is 26.0. The monoisotopic (exact) mass is 564 g/mol. The predicted octanol–water partition coefficient (Wildman–Crippen LogP) is 8.23. The van der Waals surface area contributed by atoms with Crippen molar-refractivity contribution >= 4 is 24.6 Å². The highest BCUT2D eigenvalue weighted by molar-refractivity contribution is 6.90. The Labute approximate surface area is 242 Å². The zero-order chi connectivity index (χ0) is 29.3. The van der Waals surface area contributed by atoms with Crippen LogP contribution in [0.3, 0.4) is 0 Å². The van der Waals surface area contributed by atoms with Gasteiger partial charge in [0.2, 0.25) is 5.79 Å². The number of hydrogen-bond donors (Lipinski definition) is 0. The summed E-state index contributed by atoms with van der Waals surface area (Å²) in [6.45, 7) is 17.6. The third-order valence-corrected chi connectivity index (χ3v) is 16.0. The van der Waals surface area contributed by atoms with E-state index in [2.05, 4.69) is 66.0 Å². The topological polar surface area (TPSA) is 54.0 Å². The quantitative estimate of drug-likeness (QED) is 0.239. The fraction of sp³-hybridized carbons (Fsp3) is 0.618. The van der Waals surface area contributed by atoms with E-state index in [4.69, 9.17) is 18.9 Å². The molecule has 0 spiro atoms. The third kappa shape index (κ3) is 5.45. The van der Waals surface area contributed by atoms with Gasteiger partial charge in [0.25, 0.3) is 0 Å². The Bertz CT molecular complexity index is 1270. The normalized spacial score (nSPS) is 20.9. The van der Waals surface area contributed by atoms with Gasteiger partial charge in [-0.05, 0) is 77.1 Å². The van der Waals surface area contributed by atoms with E-state index in [0.717, 1.165) is 52.7 Å². The summed E-state index contributed by atoms with van der Waals surface area (Å²) in [5, 5.41) is 1.86. The number of ether oxygens (including phenoxy) is 4. The first-order chi connectivity index (χ1) is 18.9. The Kier molecular flexibility index (Phi) is 9.09. The molecule has 5 nitrogen and oxygen atoms in total. The molecular weight excluding hydrogens is 516 g/mol. The SMILES string of the molecule is COc1ccc(OC)c2cc3c(cc12)C(=O)CC[C@@]3(C)CCC1(C#C[Si](C(C)C)(C(C)C)C(C)C)OCCCO1. The van der Waals surface area contributed by atoms with Crippen LogP contribution in [0.25, 0.3) is 10.8 Å². The van der Waals surface area contributed by atoms with Gasteiger partial charge in [-0.15, -0.1) is 5.54 Å². The molecule has 0 amide bonds. The van der Waals surface area contributed by atoms with Crippen LogP contribution >= 0.6 is 0 Å². The van der Waals surface area contributed by atoms with E-state index >= 15 is 0 Å². The van der Waals surface area contributed by atoms with Crippen molar-refractivity contribution in [1.82, 2.24) is 0 Å². The van der Waals surface area contributed by atoms with Gasteiger partial charge in [-0.1, -0.05) is 48.5 Å². The van der Waals surface area contributed by atoms with Crippen LogP contribution in [0.4, 0.5) is 0 Å². The molecule has 40 heavy (non-hydrogen) atoms. The van der Waals surface area contributed by atoms with Crippen molar-refractivity contribution in [3.8, 4) is 23.0 Å². The second-order valence-electron chi connectivity index (χ2n) is 12.8. The van der Waals surface area contributed by atoms with Gasteiger partial charge in [-0.25, -0.2) is 0 Å². The molecular formula is C34H48O5Si. The Hall–Kier alpha value is -2.33. The number of carbonyl (C=O) groups excluding carboxylic acids is 1. The molecule has 6 heteroatoms. The summed E-state index contributed by atoms with van der Waals surface area (Å²) in [6, 6.07) is 7.98. The first kappa shape index (κ1) is 30.6. The van der Waals surface area contributed by atoms with Crippen molar-refractivity contribution in [2.24, 2.45) is 0 Å². The first-order valence-corrected chi connectivity index (χ1v) is 17.2. The lowest BCUT2D eigenvalue weighted by molar-refractivity contribution is -0.234. The minimum absolute atomic E-state index is 0.181. The number of rotatable bonds is 8. The largest absolute Gasteiger partial charge is 0.496 e. The van der Waals surface area contributed by atoms with Gasteiger partial charge < -0.3 is 18.9 Å². The third-order valence-electron chi connectivity index (χ3n) is 9.67. The number of methoxy groups -OCH3 is 2. The molecule has 0 aromatic heterocycles. The van der Waals surface area contributed by atoms with Crippen LogP contribution in [-0.2, 0) is 14.9 Å². The molecule has 0 bridgehead atoms. The molecule has 0 radical (unpaired) electrons. The smallest absolute Gasteiger partial charge is 0.232 e. The van der Waals surface area contributed by atoms with Crippen molar-refractivity contribution < 1.29 is 23.7 Å². The van der Waals surface area contributed by atoms with Crippen LogP contribution < -0.4 is 9.47 Å². The first-order valence-electron chi connectivity index (χ1n) is 15.0. The maximum Gasteiger partial charge on any atom is 0.232 e. The maximum atomic E-state index is 13.2. The molecule has 1 saturated heterocycles. The summed E-state index contributed by atoms with van der Waals surface area (Å²) < 4.78 is 24.2. The second-order valence-corrected chi connectivity index (χ2v) is 18.4. The van der Waals surface area contributed by atoms with Gasteiger partial charge in [0.1, 0.15) is 19.6 Å². The van der Waals surface area contributed by atoms with Crippen LogP contribution in [0.15, 0.2) is 24.3 Å². The molecule has 2 aliphatic rings. The average Bonchev–Trinajstić information content (AvgIpc) is 2.93. The highest BCUT2D eigenvalue weighted by atomic mass is 28.3. The number of Topliss-reactive ketones (excluding diaryl/α,β-unsaturated/α-hetero) is 1. The van der Waals surface area contributed by atoms with Gasteiger partial charge in [0.15, 0.2) is 5.78 Å². The van der Waals surface area contributed by atoms with E-state index in [0.29, 0.717) is 42.7 Å². The van der Waals surface area contributed by atoms with Crippen molar-refractivity contribution in [3.05, 3.63) is 35.4 Å². The molecule has 1 fully saturated rings. The highest BCUT2D eigenvalue weighted by Crippen LogP contribution is 2.47. The van der Waals surface area contributed by atoms with Gasteiger partial charge in [0, 0.05) is 29.2 Å². The van der Waals surface area contributed by atoms with E-state index in [1.807, 2.05) is 18.2 Å². The Morgan fingerprint density at radius 2 is 1.45 bits per heavy atom. The number of hydrogen-bond acceptors (Lipinski definition) is 5. The molecule has 1 aliphatic heterocycles. The Balaban J connectivity index is 1.76. The molecule has 1 aliphatic carbocycles. The fourth-order valence-electron chi connectivity index (χ4n) is 7.27. The summed E-state index contributed by atoms with van der Waals surface area (Å²) in [7, 11) is 1.39. The van der Waals surface area contributed by atoms with Crippen molar-refractivity contribution in [1.29, 1.82) is 0 Å². The van der Waals surface area contributed by atoms with E-state index < -0.39 is 13.9 Å². The Morgan fingerprint density at radius 3 is 1.98 bits per heavy atom. The molecule has 1 heterocycles. The highest BCUT2D eigenvalue weighted by Gasteiger charge is 2.44. The van der Waals surface area contributed by atoms with Crippen molar-refractivity contribution in [2.45, 2.75) is 108 Å². The molecule has 0 unspecified atom stereocenters. The maximum absolute atomic E-state index is 13.2. The molecule has 4 rings (SSSR count). The number of ketones is 1. The number of carbonyl (C=O) groups is 1. The van der Waals surface area contributed by atoms with E-state index in [9.17, 15) is 4.79 Å². The summed E-state index contributed by atoms with van der Waals surface area (Å²) in [4.78, 5) is 13.2. The lowest BCUT2D eigenvalue weighted by atomic mass is 9.67. The molecule has 1 atom stereocenters. The van der Waals surface area contributed by atoms with Crippen LogP contribution in [0.1, 0.15) is 96.5 Å². The van der Waals surface area contributed by atoms with Crippen LogP contribution in [0.5, 0.6) is 11.5 Å².